The molecule has 0 aliphatic heterocycles. The van der Waals surface area contributed by atoms with Gasteiger partial charge in [0.25, 0.3) is 5.91 Å². The number of anilines is 1. The number of benzene rings is 1. The average molecular weight is 359 g/mol. The van der Waals surface area contributed by atoms with Crippen molar-refractivity contribution < 1.29 is 19.5 Å². The fourth-order valence-corrected chi connectivity index (χ4v) is 3.53. The maximum atomic E-state index is 12.9. The maximum Gasteiger partial charge on any atom is 0.329 e. The number of likely N-dealkylation sites (N-methyl/N-ethyl adjacent to an activating group) is 1. The highest BCUT2D eigenvalue weighted by molar-refractivity contribution is 5.99. The van der Waals surface area contributed by atoms with Crippen LogP contribution in [0.25, 0.3) is 0 Å². The Balaban J connectivity index is 1.74. The number of aliphatic carboxylic acids is 1. The third kappa shape index (κ3) is 3.81. The van der Waals surface area contributed by atoms with Gasteiger partial charge in [-0.05, 0) is 43.9 Å². The second-order valence-electron chi connectivity index (χ2n) is 7.22. The molecule has 0 bridgehead atoms. The lowest BCUT2D eigenvalue weighted by Gasteiger charge is -2.41. The van der Waals surface area contributed by atoms with Gasteiger partial charge in [-0.25, -0.2) is 9.59 Å². The highest BCUT2D eigenvalue weighted by Crippen LogP contribution is 2.34. The lowest BCUT2D eigenvalue weighted by atomic mass is 9.80. The first-order valence-electron chi connectivity index (χ1n) is 9.11. The lowest BCUT2D eigenvalue weighted by molar-refractivity contribution is -0.151. The number of carbonyl (C=O) groups is 3. The van der Waals surface area contributed by atoms with Crippen molar-refractivity contribution in [2.75, 3.05) is 12.4 Å². The molecule has 3 amide bonds. The van der Waals surface area contributed by atoms with Crippen LogP contribution in [-0.4, -0.2) is 46.5 Å². The number of amides is 3. The van der Waals surface area contributed by atoms with Gasteiger partial charge in [0.2, 0.25) is 0 Å². The molecule has 3 rings (SSSR count). The van der Waals surface area contributed by atoms with Gasteiger partial charge in [0.15, 0.2) is 0 Å². The first-order chi connectivity index (χ1) is 12.4. The smallest absolute Gasteiger partial charge is 0.329 e. The molecule has 0 heterocycles. The summed E-state index contributed by atoms with van der Waals surface area (Å²) in [5, 5.41) is 15.3. The minimum absolute atomic E-state index is 0.243. The molecule has 3 N–H and O–H groups in total. The highest BCUT2D eigenvalue weighted by Gasteiger charge is 2.45. The third-order valence-electron chi connectivity index (χ3n) is 5.31. The molecule has 0 aromatic heterocycles. The Bertz CT molecular complexity index is 708. The van der Waals surface area contributed by atoms with Crippen LogP contribution >= 0.6 is 0 Å². The fourth-order valence-electron chi connectivity index (χ4n) is 3.53. The third-order valence-corrected chi connectivity index (χ3v) is 5.31. The molecule has 1 aromatic carbocycles. The molecule has 2 fully saturated rings. The van der Waals surface area contributed by atoms with E-state index in [4.69, 9.17) is 0 Å². The zero-order valence-electron chi connectivity index (χ0n) is 15.0. The predicted octanol–water partition coefficient (Wildman–Crippen LogP) is 2.83. The largest absolute Gasteiger partial charge is 0.479 e. The molecule has 7 nitrogen and oxygen atoms in total. The molecule has 0 spiro atoms. The first kappa shape index (κ1) is 18.2. The molecule has 0 atom stereocenters. The summed E-state index contributed by atoms with van der Waals surface area (Å²) in [5.41, 5.74) is -0.277. The summed E-state index contributed by atoms with van der Waals surface area (Å²) in [6.07, 6.45) is 5.51. The van der Waals surface area contributed by atoms with E-state index in [0.29, 0.717) is 24.1 Å². The number of nitrogens with one attached hydrogen (secondary N) is 2. The number of nitrogens with zero attached hydrogens (tertiary/aromatic N) is 1. The summed E-state index contributed by atoms with van der Waals surface area (Å²) >= 11 is 0. The maximum absolute atomic E-state index is 12.9. The van der Waals surface area contributed by atoms with E-state index in [1.807, 2.05) is 0 Å². The number of carboxylic acid groups (broad SMARTS) is 1. The molecule has 0 unspecified atom stereocenters. The number of carbonyl (C=O) groups excluding carboxylic acids is 2. The molecular formula is C19H25N3O4. The second kappa shape index (κ2) is 7.35. The van der Waals surface area contributed by atoms with Gasteiger partial charge in [-0.15, -0.1) is 0 Å². The zero-order valence-corrected chi connectivity index (χ0v) is 15.0. The van der Waals surface area contributed by atoms with Gasteiger partial charge in [-0.1, -0.05) is 25.3 Å². The predicted molar refractivity (Wildman–Crippen MR) is 97.2 cm³/mol. The van der Waals surface area contributed by atoms with Crippen molar-refractivity contribution >= 4 is 23.6 Å². The van der Waals surface area contributed by atoms with Crippen molar-refractivity contribution in [2.45, 2.75) is 56.5 Å². The molecule has 2 aliphatic rings. The van der Waals surface area contributed by atoms with Gasteiger partial charge in [0, 0.05) is 24.3 Å². The summed E-state index contributed by atoms with van der Waals surface area (Å²) < 4.78 is 0. The second-order valence-corrected chi connectivity index (χ2v) is 7.22. The number of urea groups is 1. The topological polar surface area (TPSA) is 98.7 Å². The molecule has 0 radical (unpaired) electrons. The monoisotopic (exact) mass is 359 g/mol. The first-order valence-corrected chi connectivity index (χ1v) is 9.11. The Morgan fingerprint density at radius 3 is 2.46 bits per heavy atom. The van der Waals surface area contributed by atoms with Crippen LogP contribution in [0, 0.1) is 0 Å². The van der Waals surface area contributed by atoms with Gasteiger partial charge >= 0.3 is 12.0 Å². The van der Waals surface area contributed by atoms with E-state index in [1.165, 1.54) is 4.90 Å². The quantitative estimate of drug-likeness (QED) is 0.753. The van der Waals surface area contributed by atoms with E-state index in [0.717, 1.165) is 32.1 Å². The van der Waals surface area contributed by atoms with Crippen LogP contribution in [0.5, 0.6) is 0 Å². The van der Waals surface area contributed by atoms with E-state index in [-0.39, 0.29) is 18.0 Å². The normalized spacial score (nSPS) is 18.7. The average Bonchev–Trinajstić information content (AvgIpc) is 3.44. The van der Waals surface area contributed by atoms with Gasteiger partial charge in [-0.2, -0.15) is 0 Å². The van der Waals surface area contributed by atoms with Gasteiger partial charge < -0.3 is 20.6 Å². The summed E-state index contributed by atoms with van der Waals surface area (Å²) in [5.74, 6) is -1.30. The molecule has 1 aromatic rings. The van der Waals surface area contributed by atoms with Crippen LogP contribution in [0.2, 0.25) is 0 Å². The van der Waals surface area contributed by atoms with Crippen LogP contribution in [0.1, 0.15) is 55.3 Å². The van der Waals surface area contributed by atoms with Crippen LogP contribution in [0.4, 0.5) is 10.5 Å². The Hall–Kier alpha value is -2.57. The van der Waals surface area contributed by atoms with Crippen molar-refractivity contribution in [1.29, 1.82) is 0 Å². The van der Waals surface area contributed by atoms with Crippen LogP contribution in [0.3, 0.4) is 0 Å². The van der Waals surface area contributed by atoms with Gasteiger partial charge in [-0.3, -0.25) is 4.79 Å². The zero-order chi connectivity index (χ0) is 18.7. The van der Waals surface area contributed by atoms with E-state index in [1.54, 1.807) is 31.3 Å². The Morgan fingerprint density at radius 1 is 1.15 bits per heavy atom. The fraction of sp³-hybridized carbons (Fsp3) is 0.526. The minimum Gasteiger partial charge on any atom is -0.479 e. The lowest BCUT2D eigenvalue weighted by Crippen LogP contribution is -2.56. The molecule has 140 valence electrons. The molecule has 7 heteroatoms. The summed E-state index contributed by atoms with van der Waals surface area (Å²) in [4.78, 5) is 38.1. The van der Waals surface area contributed by atoms with Crippen LogP contribution in [-0.2, 0) is 4.79 Å². The van der Waals surface area contributed by atoms with E-state index >= 15 is 0 Å². The molecule has 26 heavy (non-hydrogen) atoms. The van der Waals surface area contributed by atoms with Crippen molar-refractivity contribution in [3.8, 4) is 0 Å². The van der Waals surface area contributed by atoms with Crippen molar-refractivity contribution in [3.63, 3.8) is 0 Å². The summed E-state index contributed by atoms with van der Waals surface area (Å²) in [6, 6.07) is 6.57. The Kier molecular flexibility index (Phi) is 5.15. The van der Waals surface area contributed by atoms with Gasteiger partial charge in [0.05, 0.1) is 0 Å². The van der Waals surface area contributed by atoms with Crippen LogP contribution < -0.4 is 10.6 Å². The minimum atomic E-state index is -1.15. The van der Waals surface area contributed by atoms with E-state index in [9.17, 15) is 19.5 Å². The Morgan fingerprint density at radius 2 is 1.85 bits per heavy atom. The molecule has 0 saturated heterocycles. The number of hydrogen-bond donors (Lipinski definition) is 3. The van der Waals surface area contributed by atoms with Crippen molar-refractivity contribution in [1.82, 2.24) is 10.2 Å². The number of carboxylic acids is 1. The van der Waals surface area contributed by atoms with Gasteiger partial charge in [0.1, 0.15) is 5.54 Å². The molecule has 2 aliphatic carbocycles. The summed E-state index contributed by atoms with van der Waals surface area (Å²) in [6.45, 7) is 0. The molecular weight excluding hydrogens is 334 g/mol. The van der Waals surface area contributed by atoms with Crippen molar-refractivity contribution in [2.24, 2.45) is 0 Å². The van der Waals surface area contributed by atoms with E-state index in [2.05, 4.69) is 10.6 Å². The standard InChI is InChI=1S/C19H25N3O4/c1-22(19(17(24)25)10-3-2-4-11-19)16(23)13-6-5-7-15(12-13)21-18(26)20-14-8-9-14/h5-7,12,14H,2-4,8-11H2,1H3,(H,24,25)(H2,20,21,26). The molecule has 2 saturated carbocycles. The SMILES string of the molecule is CN(C(=O)c1cccc(NC(=O)NC2CC2)c1)C1(C(=O)O)CCCCC1. The van der Waals surface area contributed by atoms with E-state index < -0.39 is 11.5 Å². The number of rotatable bonds is 5. The number of hydrogen-bond acceptors (Lipinski definition) is 3. The Labute approximate surface area is 152 Å². The van der Waals surface area contributed by atoms with Crippen LogP contribution in [0.15, 0.2) is 24.3 Å². The summed E-state index contributed by atoms with van der Waals surface area (Å²) in [7, 11) is 1.56. The highest BCUT2D eigenvalue weighted by atomic mass is 16.4. The van der Waals surface area contributed by atoms with Crippen molar-refractivity contribution in [3.05, 3.63) is 29.8 Å².